The standard InChI is InChI=1S/C15H25N3O/c1-3-8-16-14-5-4-13(11-17-14)12-18-9-6-15(2,19)7-10-18/h4-5,11,19H,3,6-10,12H2,1-2H3,(H,16,17). The SMILES string of the molecule is CCCNc1ccc(CN2CCC(C)(O)CC2)cn1. The number of nitrogens with zero attached hydrogens (tertiary/aromatic N) is 2. The van der Waals surface area contributed by atoms with Crippen LogP contribution in [-0.4, -0.2) is 40.2 Å². The number of hydrogen-bond donors (Lipinski definition) is 2. The van der Waals surface area contributed by atoms with Crippen LogP contribution in [0.4, 0.5) is 5.82 Å². The molecule has 2 N–H and O–H groups in total. The van der Waals surface area contributed by atoms with Gasteiger partial charge in [0, 0.05) is 32.4 Å². The normalized spacial score (nSPS) is 19.3. The monoisotopic (exact) mass is 263 g/mol. The van der Waals surface area contributed by atoms with Gasteiger partial charge in [-0.2, -0.15) is 0 Å². The highest BCUT2D eigenvalue weighted by atomic mass is 16.3. The van der Waals surface area contributed by atoms with E-state index in [2.05, 4.69) is 28.2 Å². The van der Waals surface area contributed by atoms with E-state index in [1.807, 2.05) is 19.2 Å². The summed E-state index contributed by atoms with van der Waals surface area (Å²) < 4.78 is 0. The minimum Gasteiger partial charge on any atom is -0.390 e. The second kappa shape index (κ2) is 6.35. The van der Waals surface area contributed by atoms with Gasteiger partial charge in [0.2, 0.25) is 0 Å². The first-order valence-corrected chi connectivity index (χ1v) is 7.22. The number of pyridine rings is 1. The van der Waals surface area contributed by atoms with E-state index in [0.29, 0.717) is 0 Å². The Kier molecular flexibility index (Phi) is 4.77. The van der Waals surface area contributed by atoms with Crippen LogP contribution in [-0.2, 0) is 6.54 Å². The van der Waals surface area contributed by atoms with Crippen LogP contribution < -0.4 is 5.32 Å². The number of likely N-dealkylation sites (tertiary alicyclic amines) is 1. The van der Waals surface area contributed by atoms with Crippen molar-refractivity contribution >= 4 is 5.82 Å². The number of piperidine rings is 1. The highest BCUT2D eigenvalue weighted by Gasteiger charge is 2.27. The average Bonchev–Trinajstić information content (AvgIpc) is 2.40. The van der Waals surface area contributed by atoms with Crippen LogP contribution >= 0.6 is 0 Å². The van der Waals surface area contributed by atoms with Crippen LogP contribution in [0, 0.1) is 0 Å². The van der Waals surface area contributed by atoms with Gasteiger partial charge in [-0.15, -0.1) is 0 Å². The van der Waals surface area contributed by atoms with E-state index < -0.39 is 5.60 Å². The molecule has 1 aromatic rings. The van der Waals surface area contributed by atoms with Crippen LogP contribution in [0.1, 0.15) is 38.7 Å². The lowest BCUT2D eigenvalue weighted by molar-refractivity contribution is -0.00731. The summed E-state index contributed by atoms with van der Waals surface area (Å²) in [5.74, 6) is 0.951. The number of hydrogen-bond acceptors (Lipinski definition) is 4. The summed E-state index contributed by atoms with van der Waals surface area (Å²) in [5, 5.41) is 13.2. The first kappa shape index (κ1) is 14.3. The smallest absolute Gasteiger partial charge is 0.125 e. The molecule has 0 spiro atoms. The molecule has 0 atom stereocenters. The van der Waals surface area contributed by atoms with Crippen molar-refractivity contribution in [3.8, 4) is 0 Å². The minimum absolute atomic E-state index is 0.470. The van der Waals surface area contributed by atoms with E-state index in [0.717, 1.165) is 51.3 Å². The Labute approximate surface area is 115 Å². The first-order chi connectivity index (χ1) is 9.09. The minimum atomic E-state index is -0.470. The lowest BCUT2D eigenvalue weighted by Crippen LogP contribution is -2.41. The van der Waals surface area contributed by atoms with Gasteiger partial charge in [-0.1, -0.05) is 13.0 Å². The van der Waals surface area contributed by atoms with Crippen molar-refractivity contribution in [3.63, 3.8) is 0 Å². The molecule has 1 saturated heterocycles. The molecule has 0 bridgehead atoms. The van der Waals surface area contributed by atoms with Crippen molar-refractivity contribution in [2.75, 3.05) is 25.0 Å². The molecule has 0 radical (unpaired) electrons. The number of aromatic nitrogens is 1. The maximum atomic E-state index is 9.93. The molecule has 0 aromatic carbocycles. The molecule has 0 unspecified atom stereocenters. The van der Waals surface area contributed by atoms with Gasteiger partial charge in [-0.05, 0) is 37.8 Å². The van der Waals surface area contributed by atoms with Gasteiger partial charge in [0.25, 0.3) is 0 Å². The number of aliphatic hydroxyl groups is 1. The Bertz CT molecular complexity index is 379. The van der Waals surface area contributed by atoms with Crippen molar-refractivity contribution in [2.45, 2.75) is 45.3 Å². The van der Waals surface area contributed by atoms with Gasteiger partial charge in [0.1, 0.15) is 5.82 Å². The van der Waals surface area contributed by atoms with Crippen LogP contribution in [0.5, 0.6) is 0 Å². The topological polar surface area (TPSA) is 48.4 Å². The molecule has 1 aromatic heterocycles. The van der Waals surface area contributed by atoms with Gasteiger partial charge in [-0.25, -0.2) is 4.98 Å². The highest BCUT2D eigenvalue weighted by Crippen LogP contribution is 2.22. The summed E-state index contributed by atoms with van der Waals surface area (Å²) in [6.07, 6.45) is 4.77. The molecule has 1 aliphatic rings. The molecule has 19 heavy (non-hydrogen) atoms. The third-order valence-electron chi connectivity index (χ3n) is 3.72. The molecule has 4 nitrogen and oxygen atoms in total. The van der Waals surface area contributed by atoms with Crippen LogP contribution in [0.3, 0.4) is 0 Å². The zero-order valence-electron chi connectivity index (χ0n) is 12.0. The van der Waals surface area contributed by atoms with Gasteiger partial charge in [-0.3, -0.25) is 4.90 Å². The Balaban J connectivity index is 1.83. The van der Waals surface area contributed by atoms with Crippen LogP contribution in [0.25, 0.3) is 0 Å². The Morgan fingerprint density at radius 3 is 2.68 bits per heavy atom. The molecule has 0 aliphatic carbocycles. The number of rotatable bonds is 5. The van der Waals surface area contributed by atoms with Crippen molar-refractivity contribution in [1.82, 2.24) is 9.88 Å². The van der Waals surface area contributed by atoms with E-state index in [1.165, 1.54) is 5.56 Å². The molecule has 1 aliphatic heterocycles. The second-order valence-electron chi connectivity index (χ2n) is 5.75. The number of anilines is 1. The molecule has 0 amide bonds. The predicted molar refractivity (Wildman–Crippen MR) is 78.2 cm³/mol. The molecule has 2 heterocycles. The second-order valence-corrected chi connectivity index (χ2v) is 5.75. The van der Waals surface area contributed by atoms with E-state index in [9.17, 15) is 5.11 Å². The third-order valence-corrected chi connectivity index (χ3v) is 3.72. The van der Waals surface area contributed by atoms with Crippen molar-refractivity contribution in [2.24, 2.45) is 0 Å². The van der Waals surface area contributed by atoms with Crippen molar-refractivity contribution in [3.05, 3.63) is 23.9 Å². The summed E-state index contributed by atoms with van der Waals surface area (Å²) >= 11 is 0. The molecular formula is C15H25N3O. The summed E-state index contributed by atoms with van der Waals surface area (Å²) in [4.78, 5) is 6.81. The van der Waals surface area contributed by atoms with Crippen LogP contribution in [0.2, 0.25) is 0 Å². The predicted octanol–water partition coefficient (Wildman–Crippen LogP) is 2.25. The Hall–Kier alpha value is -1.13. The zero-order chi connectivity index (χ0) is 13.7. The molecule has 106 valence electrons. The first-order valence-electron chi connectivity index (χ1n) is 7.22. The van der Waals surface area contributed by atoms with Gasteiger partial charge in [0.15, 0.2) is 0 Å². The van der Waals surface area contributed by atoms with Crippen LogP contribution in [0.15, 0.2) is 18.3 Å². The van der Waals surface area contributed by atoms with E-state index in [-0.39, 0.29) is 0 Å². The van der Waals surface area contributed by atoms with Gasteiger partial charge < -0.3 is 10.4 Å². The van der Waals surface area contributed by atoms with E-state index in [1.54, 1.807) is 0 Å². The molecule has 4 heteroatoms. The average molecular weight is 263 g/mol. The number of nitrogens with one attached hydrogen (secondary N) is 1. The Morgan fingerprint density at radius 2 is 2.11 bits per heavy atom. The van der Waals surface area contributed by atoms with E-state index in [4.69, 9.17) is 0 Å². The fourth-order valence-corrected chi connectivity index (χ4v) is 2.33. The lowest BCUT2D eigenvalue weighted by Gasteiger charge is -2.35. The molecule has 2 rings (SSSR count). The largest absolute Gasteiger partial charge is 0.390 e. The zero-order valence-corrected chi connectivity index (χ0v) is 12.0. The highest BCUT2D eigenvalue weighted by molar-refractivity contribution is 5.35. The fourth-order valence-electron chi connectivity index (χ4n) is 2.33. The Morgan fingerprint density at radius 1 is 1.37 bits per heavy atom. The third kappa shape index (κ3) is 4.48. The summed E-state index contributed by atoms with van der Waals surface area (Å²) in [6, 6.07) is 4.18. The summed E-state index contributed by atoms with van der Waals surface area (Å²) in [7, 11) is 0. The maximum absolute atomic E-state index is 9.93. The molecule has 1 fully saturated rings. The van der Waals surface area contributed by atoms with Gasteiger partial charge >= 0.3 is 0 Å². The molecular weight excluding hydrogens is 238 g/mol. The fraction of sp³-hybridized carbons (Fsp3) is 0.667. The van der Waals surface area contributed by atoms with Crippen molar-refractivity contribution < 1.29 is 5.11 Å². The molecule has 0 saturated carbocycles. The maximum Gasteiger partial charge on any atom is 0.125 e. The quantitative estimate of drug-likeness (QED) is 0.855. The lowest BCUT2D eigenvalue weighted by atomic mass is 9.94. The van der Waals surface area contributed by atoms with E-state index >= 15 is 0 Å². The summed E-state index contributed by atoms with van der Waals surface area (Å²) in [6.45, 7) is 7.89. The van der Waals surface area contributed by atoms with Gasteiger partial charge in [0.05, 0.1) is 5.60 Å². The van der Waals surface area contributed by atoms with Crippen molar-refractivity contribution in [1.29, 1.82) is 0 Å². The summed E-state index contributed by atoms with van der Waals surface area (Å²) in [5.41, 5.74) is 0.770.